The molecule has 172 valence electrons. The molecule has 0 unspecified atom stereocenters. The van der Waals surface area contributed by atoms with E-state index >= 15 is 0 Å². The van der Waals surface area contributed by atoms with Crippen molar-refractivity contribution in [1.82, 2.24) is 15.1 Å². The van der Waals surface area contributed by atoms with Crippen LogP contribution in [0.25, 0.3) is 0 Å². The van der Waals surface area contributed by atoms with Crippen molar-refractivity contribution in [1.29, 1.82) is 0 Å². The summed E-state index contributed by atoms with van der Waals surface area (Å²) in [6, 6.07) is 5.07. The molecule has 2 saturated heterocycles. The Morgan fingerprint density at radius 1 is 1.16 bits per heavy atom. The van der Waals surface area contributed by atoms with E-state index in [0.717, 1.165) is 32.1 Å². The Kier molecular flexibility index (Phi) is 6.31. The largest absolute Gasteiger partial charge is 0.353 e. The third-order valence-electron chi connectivity index (χ3n) is 7.17. The molecule has 3 fully saturated rings. The molecule has 2 heterocycles. The number of benzene rings is 1. The van der Waals surface area contributed by atoms with Crippen LogP contribution in [0.3, 0.4) is 0 Å². The molecule has 8 heteroatoms. The van der Waals surface area contributed by atoms with Gasteiger partial charge in [-0.25, -0.2) is 4.39 Å². The van der Waals surface area contributed by atoms with Crippen LogP contribution < -0.4 is 5.32 Å². The number of carbonyl (C=O) groups is 4. The van der Waals surface area contributed by atoms with E-state index in [1.807, 2.05) is 6.92 Å². The zero-order valence-electron chi connectivity index (χ0n) is 18.4. The fourth-order valence-electron chi connectivity index (χ4n) is 5.54. The summed E-state index contributed by atoms with van der Waals surface area (Å²) in [5, 5.41) is 2.76. The summed E-state index contributed by atoms with van der Waals surface area (Å²) in [5.41, 5.74) is -1.50. The van der Waals surface area contributed by atoms with Gasteiger partial charge in [-0.2, -0.15) is 0 Å². The molecule has 1 aromatic rings. The summed E-state index contributed by atoms with van der Waals surface area (Å²) in [5.74, 6) is -2.06. The summed E-state index contributed by atoms with van der Waals surface area (Å²) in [6.07, 6.45) is 4.30. The normalized spacial score (nSPS) is 27.1. The first kappa shape index (κ1) is 22.4. The lowest BCUT2D eigenvalue weighted by Gasteiger charge is -2.37. The number of piperazine rings is 1. The van der Waals surface area contributed by atoms with Gasteiger partial charge in [0.05, 0.1) is 5.41 Å². The Bertz CT molecular complexity index is 930. The number of rotatable bonds is 5. The van der Waals surface area contributed by atoms with Crippen molar-refractivity contribution in [3.63, 3.8) is 0 Å². The van der Waals surface area contributed by atoms with Crippen LogP contribution in [0.4, 0.5) is 4.39 Å². The maximum absolute atomic E-state index is 15.0. The van der Waals surface area contributed by atoms with E-state index in [2.05, 4.69) is 5.32 Å². The highest BCUT2D eigenvalue weighted by Gasteiger charge is 2.57. The second kappa shape index (κ2) is 9.00. The number of amides is 4. The smallest absolute Gasteiger partial charge is 0.242 e. The van der Waals surface area contributed by atoms with Crippen molar-refractivity contribution in [2.24, 2.45) is 0 Å². The highest BCUT2D eigenvalue weighted by atomic mass is 19.1. The van der Waals surface area contributed by atoms with E-state index in [9.17, 15) is 23.6 Å². The van der Waals surface area contributed by atoms with Gasteiger partial charge in [0.1, 0.15) is 11.9 Å². The molecular formula is C24H30FN3O4. The third kappa shape index (κ3) is 3.80. The highest BCUT2D eigenvalue weighted by Crippen LogP contribution is 2.43. The molecule has 1 aromatic carbocycles. The van der Waals surface area contributed by atoms with Gasteiger partial charge in [0, 0.05) is 37.5 Å². The number of nitrogens with zero attached hydrogens (tertiary/aromatic N) is 2. The van der Waals surface area contributed by atoms with Gasteiger partial charge in [-0.1, -0.05) is 44.4 Å². The number of halogens is 1. The van der Waals surface area contributed by atoms with Gasteiger partial charge >= 0.3 is 0 Å². The molecule has 2 atom stereocenters. The van der Waals surface area contributed by atoms with Crippen molar-refractivity contribution >= 4 is 23.6 Å². The predicted octanol–water partition coefficient (Wildman–Crippen LogP) is 2.28. The van der Waals surface area contributed by atoms with Gasteiger partial charge in [-0.3, -0.25) is 24.1 Å². The summed E-state index contributed by atoms with van der Waals surface area (Å²) >= 11 is 0. The second-order valence-corrected chi connectivity index (χ2v) is 9.08. The standard InChI is InChI=1S/C24H30FN3O4/c1-2-19-22(31)26-12-13-27(19)20(29)14-24(17-10-6-7-11-18(17)25)15-21(30)28(23(24)32)16-8-4-3-5-9-16/h6-7,10-11,16,19H,2-5,8-9,12-15H2,1H3,(H,26,31)/t19-,24+/m1/s1. The number of likely N-dealkylation sites (tertiary alicyclic amines) is 1. The second-order valence-electron chi connectivity index (χ2n) is 9.08. The van der Waals surface area contributed by atoms with Crippen molar-refractivity contribution in [3.05, 3.63) is 35.6 Å². The summed E-state index contributed by atoms with van der Waals surface area (Å²) < 4.78 is 15.0. The fourth-order valence-corrected chi connectivity index (χ4v) is 5.54. The number of hydrogen-bond donors (Lipinski definition) is 1. The topological polar surface area (TPSA) is 86.8 Å². The van der Waals surface area contributed by atoms with Crippen molar-refractivity contribution < 1.29 is 23.6 Å². The molecule has 0 radical (unpaired) electrons. The zero-order valence-corrected chi connectivity index (χ0v) is 18.4. The monoisotopic (exact) mass is 443 g/mol. The summed E-state index contributed by atoms with van der Waals surface area (Å²) in [6.45, 7) is 2.47. The molecule has 1 saturated carbocycles. The molecule has 0 aromatic heterocycles. The van der Waals surface area contributed by atoms with Crippen LogP contribution >= 0.6 is 0 Å². The molecule has 0 spiro atoms. The molecule has 32 heavy (non-hydrogen) atoms. The Morgan fingerprint density at radius 3 is 2.56 bits per heavy atom. The summed E-state index contributed by atoms with van der Waals surface area (Å²) in [4.78, 5) is 55.4. The molecule has 4 amide bonds. The van der Waals surface area contributed by atoms with E-state index in [0.29, 0.717) is 19.5 Å². The molecular weight excluding hydrogens is 413 g/mol. The average Bonchev–Trinajstić information content (AvgIpc) is 3.04. The minimum Gasteiger partial charge on any atom is -0.353 e. The summed E-state index contributed by atoms with van der Waals surface area (Å²) in [7, 11) is 0. The van der Waals surface area contributed by atoms with Gasteiger partial charge < -0.3 is 10.2 Å². The lowest BCUT2D eigenvalue weighted by molar-refractivity contribution is -0.148. The van der Waals surface area contributed by atoms with Crippen LogP contribution in [0.1, 0.15) is 63.9 Å². The quantitative estimate of drug-likeness (QED) is 0.708. The Balaban J connectivity index is 1.71. The maximum Gasteiger partial charge on any atom is 0.242 e. The first-order valence-electron chi connectivity index (χ1n) is 11.6. The van der Waals surface area contributed by atoms with Gasteiger partial charge in [-0.05, 0) is 25.3 Å². The number of imide groups is 1. The molecule has 1 aliphatic carbocycles. The van der Waals surface area contributed by atoms with E-state index in [-0.39, 0.29) is 36.3 Å². The Labute approximate surface area is 187 Å². The van der Waals surface area contributed by atoms with Crippen molar-refractivity contribution in [3.8, 4) is 0 Å². The highest BCUT2D eigenvalue weighted by molar-refractivity contribution is 6.11. The molecule has 7 nitrogen and oxygen atoms in total. The zero-order chi connectivity index (χ0) is 22.9. The van der Waals surface area contributed by atoms with Gasteiger partial charge in [0.2, 0.25) is 23.6 Å². The first-order valence-corrected chi connectivity index (χ1v) is 11.6. The van der Waals surface area contributed by atoms with Gasteiger partial charge in [0.25, 0.3) is 0 Å². The predicted molar refractivity (Wildman–Crippen MR) is 115 cm³/mol. The maximum atomic E-state index is 15.0. The lowest BCUT2D eigenvalue weighted by Crippen LogP contribution is -2.58. The van der Waals surface area contributed by atoms with Crippen molar-refractivity contribution in [2.75, 3.05) is 13.1 Å². The van der Waals surface area contributed by atoms with Crippen LogP contribution in [0, 0.1) is 5.82 Å². The molecule has 3 aliphatic rings. The number of nitrogens with one attached hydrogen (secondary N) is 1. The molecule has 0 bridgehead atoms. The average molecular weight is 444 g/mol. The fraction of sp³-hybridized carbons (Fsp3) is 0.583. The van der Waals surface area contributed by atoms with E-state index in [1.54, 1.807) is 6.07 Å². The molecule has 2 aliphatic heterocycles. The van der Waals surface area contributed by atoms with Crippen LogP contribution in [0.2, 0.25) is 0 Å². The van der Waals surface area contributed by atoms with Crippen LogP contribution in [-0.2, 0) is 24.6 Å². The lowest BCUT2D eigenvalue weighted by atomic mass is 9.75. The van der Waals surface area contributed by atoms with Crippen LogP contribution in [-0.4, -0.2) is 58.6 Å². The van der Waals surface area contributed by atoms with Crippen LogP contribution in [0.5, 0.6) is 0 Å². The van der Waals surface area contributed by atoms with E-state index in [1.165, 1.54) is 28.0 Å². The van der Waals surface area contributed by atoms with Gasteiger partial charge in [-0.15, -0.1) is 0 Å². The first-order chi connectivity index (χ1) is 15.4. The van der Waals surface area contributed by atoms with E-state index in [4.69, 9.17) is 0 Å². The van der Waals surface area contributed by atoms with Crippen LogP contribution in [0.15, 0.2) is 24.3 Å². The minimum atomic E-state index is -1.58. The van der Waals surface area contributed by atoms with Crippen molar-refractivity contribution in [2.45, 2.75) is 75.8 Å². The Morgan fingerprint density at radius 2 is 1.88 bits per heavy atom. The Hall–Kier alpha value is -2.77. The minimum absolute atomic E-state index is 0.0829. The van der Waals surface area contributed by atoms with E-state index < -0.39 is 29.1 Å². The molecule has 1 N–H and O–H groups in total. The van der Waals surface area contributed by atoms with Gasteiger partial charge in [0.15, 0.2) is 0 Å². The third-order valence-corrected chi connectivity index (χ3v) is 7.17. The number of carbonyl (C=O) groups excluding carboxylic acids is 4. The SMILES string of the molecule is CC[C@@H]1C(=O)NCCN1C(=O)C[C@@]1(c2ccccc2F)CC(=O)N(C2CCCCC2)C1=O. The number of hydrogen-bond acceptors (Lipinski definition) is 4. The molecule has 4 rings (SSSR count).